The molecule has 3 aromatic rings. The summed E-state index contributed by atoms with van der Waals surface area (Å²) in [6.07, 6.45) is 1.79. The van der Waals surface area contributed by atoms with Crippen LogP contribution in [-0.2, 0) is 11.4 Å². The fourth-order valence-corrected chi connectivity index (χ4v) is 5.76. The van der Waals surface area contributed by atoms with Crippen molar-refractivity contribution in [3.8, 4) is 11.8 Å². The van der Waals surface area contributed by atoms with Crippen LogP contribution in [0.3, 0.4) is 0 Å². The van der Waals surface area contributed by atoms with Crippen LogP contribution in [0.4, 0.5) is 10.1 Å². The molecule has 0 bridgehead atoms. The summed E-state index contributed by atoms with van der Waals surface area (Å²) in [5.74, 6) is -0.0260. The summed E-state index contributed by atoms with van der Waals surface area (Å²) in [7, 11) is 0. The predicted octanol–water partition coefficient (Wildman–Crippen LogP) is 7.29. The minimum atomic E-state index is -0.585. The third kappa shape index (κ3) is 4.79. The Morgan fingerprint density at radius 2 is 1.85 bits per heavy atom. The lowest BCUT2D eigenvalue weighted by molar-refractivity contribution is -0.116. The lowest BCUT2D eigenvalue weighted by Crippen LogP contribution is -2.39. The second-order valence-corrected chi connectivity index (χ2v) is 10.5. The first kappa shape index (κ1) is 26.5. The van der Waals surface area contributed by atoms with Crippen LogP contribution in [0.5, 0.6) is 5.75 Å². The predicted molar refractivity (Wildman–Crippen MR) is 151 cm³/mol. The van der Waals surface area contributed by atoms with E-state index in [2.05, 4.69) is 6.07 Å². The third-order valence-corrected chi connectivity index (χ3v) is 8.05. The van der Waals surface area contributed by atoms with E-state index >= 15 is 0 Å². The molecule has 1 atom stereocenters. The first-order chi connectivity index (χ1) is 18.7. The minimum Gasteiger partial charge on any atom is -0.489 e. The van der Waals surface area contributed by atoms with Crippen LogP contribution < -0.4 is 15.4 Å². The van der Waals surface area contributed by atoms with E-state index in [0.29, 0.717) is 47.0 Å². The molecule has 7 heteroatoms. The number of benzene rings is 3. The first-order valence-electron chi connectivity index (χ1n) is 12.9. The Labute approximate surface area is 233 Å². The number of rotatable bonds is 5. The number of nitrogens with two attached hydrogens (primary N) is 1. The van der Waals surface area contributed by atoms with Gasteiger partial charge in [0.2, 0.25) is 0 Å². The summed E-state index contributed by atoms with van der Waals surface area (Å²) in [6.45, 7) is 6.15. The monoisotopic (exact) mass is 541 g/mol. The number of ether oxygens (including phenoxy) is 1. The summed E-state index contributed by atoms with van der Waals surface area (Å²) >= 11 is 6.45. The molecule has 0 radical (unpaired) electrons. The Hall–Kier alpha value is -4.08. The fourth-order valence-electron chi connectivity index (χ4n) is 5.59. The van der Waals surface area contributed by atoms with Gasteiger partial charge in [-0.05, 0) is 97.8 Å². The Morgan fingerprint density at radius 1 is 1.10 bits per heavy atom. The highest BCUT2D eigenvalue weighted by molar-refractivity contribution is 6.31. The molecule has 0 amide bonds. The maximum Gasteiger partial charge on any atom is 0.161 e. The molecule has 0 spiro atoms. The Balaban J connectivity index is 1.64. The number of carbonyl (C=O) groups is 1. The van der Waals surface area contributed by atoms with Crippen LogP contribution in [0, 0.1) is 37.9 Å². The zero-order chi connectivity index (χ0) is 27.8. The van der Waals surface area contributed by atoms with Gasteiger partial charge in [-0.25, -0.2) is 4.39 Å². The molecule has 2 N–H and O–H groups in total. The second-order valence-electron chi connectivity index (χ2n) is 10.1. The largest absolute Gasteiger partial charge is 0.489 e. The van der Waals surface area contributed by atoms with E-state index in [1.165, 1.54) is 12.1 Å². The van der Waals surface area contributed by atoms with Crippen molar-refractivity contribution in [2.75, 3.05) is 4.90 Å². The van der Waals surface area contributed by atoms with Gasteiger partial charge in [-0.2, -0.15) is 5.26 Å². The van der Waals surface area contributed by atoms with Gasteiger partial charge in [-0.3, -0.25) is 9.69 Å². The van der Waals surface area contributed by atoms with E-state index in [-0.39, 0.29) is 18.2 Å². The molecule has 0 saturated heterocycles. The lowest BCUT2D eigenvalue weighted by Gasteiger charge is -2.40. The summed E-state index contributed by atoms with van der Waals surface area (Å²) < 4.78 is 19.3. The molecule has 3 aromatic carbocycles. The van der Waals surface area contributed by atoms with E-state index in [1.54, 1.807) is 12.1 Å². The van der Waals surface area contributed by atoms with Gasteiger partial charge in [-0.1, -0.05) is 29.8 Å². The number of nitriles is 1. The molecule has 0 aromatic heterocycles. The molecule has 0 saturated carbocycles. The van der Waals surface area contributed by atoms with Crippen molar-refractivity contribution in [1.82, 2.24) is 0 Å². The van der Waals surface area contributed by atoms with Crippen LogP contribution >= 0.6 is 11.6 Å². The van der Waals surface area contributed by atoms with E-state index < -0.39 is 5.92 Å². The van der Waals surface area contributed by atoms with Gasteiger partial charge in [0.05, 0.1) is 23.2 Å². The molecule has 1 aliphatic heterocycles. The van der Waals surface area contributed by atoms with Crippen molar-refractivity contribution >= 4 is 23.1 Å². The average molecular weight is 542 g/mol. The van der Waals surface area contributed by atoms with E-state index in [4.69, 9.17) is 22.1 Å². The second kappa shape index (κ2) is 10.6. The molecular weight excluding hydrogens is 513 g/mol. The molecule has 5 nitrogen and oxygen atoms in total. The molecular formula is C32H29ClFN3O2. The molecule has 1 aliphatic carbocycles. The Bertz CT molecular complexity index is 1580. The number of nitrogens with zero attached hydrogens (tertiary/aromatic N) is 2. The number of allylic oxidation sites excluding steroid dienone is 3. The lowest BCUT2D eigenvalue weighted by atomic mass is 9.74. The van der Waals surface area contributed by atoms with E-state index in [1.807, 2.05) is 56.0 Å². The number of carbonyl (C=O) groups excluding carboxylic acids is 1. The quantitative estimate of drug-likeness (QED) is 0.367. The number of aryl methyl sites for hydroxylation is 2. The fraction of sp³-hybridized carbons (Fsp3) is 0.250. The molecule has 1 unspecified atom stereocenters. The first-order valence-corrected chi connectivity index (χ1v) is 13.3. The topological polar surface area (TPSA) is 79.4 Å². The number of halogens is 2. The van der Waals surface area contributed by atoms with Crippen molar-refractivity contribution in [2.24, 2.45) is 5.73 Å². The maximum absolute atomic E-state index is 13.6. The highest BCUT2D eigenvalue weighted by atomic mass is 35.5. The molecule has 5 rings (SSSR count). The summed E-state index contributed by atoms with van der Waals surface area (Å²) in [5, 5.41) is 11.0. The number of Topliss-reactive ketones (excluding diaryl/α,β-unsaturated/α-hetero) is 1. The van der Waals surface area contributed by atoms with Crippen LogP contribution in [0.1, 0.15) is 53.0 Å². The zero-order valence-corrected chi connectivity index (χ0v) is 22.9. The van der Waals surface area contributed by atoms with Crippen molar-refractivity contribution in [3.05, 3.63) is 116 Å². The molecule has 39 heavy (non-hydrogen) atoms. The van der Waals surface area contributed by atoms with Gasteiger partial charge in [0.1, 0.15) is 24.0 Å². The minimum absolute atomic E-state index is 0.0234. The Kier molecular flexibility index (Phi) is 7.20. The molecule has 2 aliphatic rings. The van der Waals surface area contributed by atoms with Gasteiger partial charge >= 0.3 is 0 Å². The Morgan fingerprint density at radius 3 is 2.56 bits per heavy atom. The van der Waals surface area contributed by atoms with Gasteiger partial charge in [0, 0.05) is 22.7 Å². The molecule has 198 valence electrons. The summed E-state index contributed by atoms with van der Waals surface area (Å²) in [6, 6.07) is 17.8. The third-order valence-electron chi connectivity index (χ3n) is 7.64. The maximum atomic E-state index is 13.6. The van der Waals surface area contributed by atoms with Crippen LogP contribution in [0.25, 0.3) is 0 Å². The standard InChI is InChI=1S/C32H29ClFN3O2/c1-18-14-19(2)24(15-21(18)17-39-23-12-10-22(34)11-13-23)30-25(16-35)32(36)37(27-7-4-6-26(33)20(27)3)28-8-5-9-29(38)31(28)30/h4,6-7,10-15,30H,5,8-9,17,36H2,1-3H3. The van der Waals surface area contributed by atoms with Gasteiger partial charge in [0.15, 0.2) is 5.78 Å². The van der Waals surface area contributed by atoms with Crippen LogP contribution in [0.15, 0.2) is 77.3 Å². The number of anilines is 1. The normalized spacial score (nSPS) is 17.3. The SMILES string of the molecule is Cc1cc(C)c(C2C(C#N)=C(N)N(c3cccc(Cl)c3C)C3=C2C(=O)CCC3)cc1COc1ccc(F)cc1. The number of ketones is 1. The number of hydrogen-bond donors (Lipinski definition) is 1. The molecule has 1 heterocycles. The van der Waals surface area contributed by atoms with Crippen molar-refractivity contribution in [3.63, 3.8) is 0 Å². The zero-order valence-electron chi connectivity index (χ0n) is 22.1. The highest BCUT2D eigenvalue weighted by Crippen LogP contribution is 2.48. The highest BCUT2D eigenvalue weighted by Gasteiger charge is 2.41. The number of hydrogen-bond acceptors (Lipinski definition) is 5. The van der Waals surface area contributed by atoms with Crippen molar-refractivity contribution in [2.45, 2.75) is 52.6 Å². The summed E-state index contributed by atoms with van der Waals surface area (Å²) in [4.78, 5) is 15.4. The average Bonchev–Trinajstić information content (AvgIpc) is 2.91. The van der Waals surface area contributed by atoms with Gasteiger partial charge in [-0.15, -0.1) is 0 Å². The van der Waals surface area contributed by atoms with Crippen molar-refractivity contribution in [1.29, 1.82) is 5.26 Å². The summed E-state index contributed by atoms with van der Waals surface area (Å²) in [5.41, 5.74) is 13.9. The van der Waals surface area contributed by atoms with Gasteiger partial charge < -0.3 is 10.5 Å². The van der Waals surface area contributed by atoms with Crippen LogP contribution in [-0.4, -0.2) is 5.78 Å². The van der Waals surface area contributed by atoms with E-state index in [9.17, 15) is 14.4 Å². The van der Waals surface area contributed by atoms with Crippen molar-refractivity contribution < 1.29 is 13.9 Å². The molecule has 0 fully saturated rings. The van der Waals surface area contributed by atoms with Crippen LogP contribution in [0.2, 0.25) is 5.02 Å². The van der Waals surface area contributed by atoms with Gasteiger partial charge in [0.25, 0.3) is 0 Å². The smallest absolute Gasteiger partial charge is 0.161 e. The van der Waals surface area contributed by atoms with E-state index in [0.717, 1.165) is 39.2 Å².